The Balaban J connectivity index is 2.48. The summed E-state index contributed by atoms with van der Waals surface area (Å²) < 4.78 is 6.35. The molecule has 0 amide bonds. The van der Waals surface area contributed by atoms with Crippen LogP contribution in [0.1, 0.15) is 33.3 Å². The van der Waals surface area contributed by atoms with E-state index in [2.05, 4.69) is 5.10 Å². The molecule has 0 fully saturated rings. The van der Waals surface area contributed by atoms with Crippen LogP contribution < -0.4 is 0 Å². The maximum absolute atomic E-state index is 11.7. The second kappa shape index (κ2) is 5.88. The predicted octanol–water partition coefficient (Wildman–Crippen LogP) is 2.82. The van der Waals surface area contributed by atoms with Crippen molar-refractivity contribution in [2.45, 2.75) is 13.8 Å². The average Bonchev–Trinajstić information content (AvgIpc) is 2.83. The van der Waals surface area contributed by atoms with Gasteiger partial charge in [-0.3, -0.25) is 4.79 Å². The molecule has 0 spiro atoms. The largest absolute Gasteiger partial charge is 0.461 e. The summed E-state index contributed by atoms with van der Waals surface area (Å²) in [5.41, 5.74) is 1.83. The second-order valence-electron chi connectivity index (χ2n) is 4.15. The van der Waals surface area contributed by atoms with Crippen molar-refractivity contribution in [1.29, 1.82) is 0 Å². The summed E-state index contributed by atoms with van der Waals surface area (Å²) in [6, 6.07) is 5.27. The van der Waals surface area contributed by atoms with Crippen LogP contribution in [-0.2, 0) is 4.74 Å². The number of aryl methyl sites for hydroxylation is 1. The van der Waals surface area contributed by atoms with Crippen LogP contribution in [0.15, 0.2) is 24.4 Å². The van der Waals surface area contributed by atoms with Gasteiger partial charge in [0.15, 0.2) is 12.0 Å². The highest BCUT2D eigenvalue weighted by Crippen LogP contribution is 2.20. The zero-order valence-electron chi connectivity index (χ0n) is 11.1. The third-order valence-electron chi connectivity index (χ3n) is 2.74. The van der Waals surface area contributed by atoms with E-state index >= 15 is 0 Å². The molecule has 20 heavy (non-hydrogen) atoms. The molecule has 5 nitrogen and oxygen atoms in total. The molecule has 2 rings (SSSR count). The highest BCUT2D eigenvalue weighted by molar-refractivity contribution is 6.30. The lowest BCUT2D eigenvalue weighted by molar-refractivity contribution is 0.0517. The monoisotopic (exact) mass is 292 g/mol. The third-order valence-corrected chi connectivity index (χ3v) is 2.98. The summed E-state index contributed by atoms with van der Waals surface area (Å²) in [5.74, 6) is -0.611. The number of rotatable bonds is 4. The van der Waals surface area contributed by atoms with Gasteiger partial charge < -0.3 is 4.74 Å². The molecule has 0 saturated heterocycles. The lowest BCUT2D eigenvalue weighted by Gasteiger charge is -2.05. The number of aldehydes is 1. The van der Waals surface area contributed by atoms with Crippen molar-refractivity contribution in [1.82, 2.24) is 9.78 Å². The summed E-state index contributed by atoms with van der Waals surface area (Å²) in [4.78, 5) is 22.8. The van der Waals surface area contributed by atoms with Gasteiger partial charge in [0.25, 0.3) is 0 Å². The van der Waals surface area contributed by atoms with Crippen molar-refractivity contribution in [3.05, 3.63) is 46.2 Å². The van der Waals surface area contributed by atoms with Crippen molar-refractivity contribution >= 4 is 23.9 Å². The van der Waals surface area contributed by atoms with E-state index in [1.54, 1.807) is 25.1 Å². The molecule has 0 N–H and O–H groups in total. The van der Waals surface area contributed by atoms with Crippen molar-refractivity contribution < 1.29 is 14.3 Å². The first-order valence-corrected chi connectivity index (χ1v) is 6.43. The first kappa shape index (κ1) is 14.3. The smallest absolute Gasteiger partial charge is 0.359 e. The fraction of sp³-hybridized carbons (Fsp3) is 0.214. The van der Waals surface area contributed by atoms with Gasteiger partial charge in [0.1, 0.15) is 0 Å². The van der Waals surface area contributed by atoms with Gasteiger partial charge >= 0.3 is 5.97 Å². The number of nitrogens with zero attached hydrogens (tertiary/aromatic N) is 2. The minimum absolute atomic E-state index is 0.0104. The van der Waals surface area contributed by atoms with E-state index in [9.17, 15) is 9.59 Å². The number of aromatic nitrogens is 2. The molecule has 1 aromatic heterocycles. The number of esters is 1. The predicted molar refractivity (Wildman–Crippen MR) is 74.7 cm³/mol. The van der Waals surface area contributed by atoms with Crippen LogP contribution in [0.25, 0.3) is 5.69 Å². The number of carbonyl (C=O) groups excluding carboxylic acids is 2. The number of benzene rings is 1. The Morgan fingerprint density at radius 1 is 1.50 bits per heavy atom. The Kier molecular flexibility index (Phi) is 4.20. The van der Waals surface area contributed by atoms with Crippen LogP contribution in [0.2, 0.25) is 5.02 Å². The van der Waals surface area contributed by atoms with Crippen LogP contribution in [0.3, 0.4) is 0 Å². The first-order valence-electron chi connectivity index (χ1n) is 6.05. The Labute approximate surface area is 121 Å². The van der Waals surface area contributed by atoms with Gasteiger partial charge in [-0.25, -0.2) is 9.48 Å². The van der Waals surface area contributed by atoms with Crippen LogP contribution in [-0.4, -0.2) is 28.6 Å². The molecule has 104 valence electrons. The topological polar surface area (TPSA) is 61.2 Å². The van der Waals surface area contributed by atoms with Crippen LogP contribution in [0.5, 0.6) is 0 Å². The second-order valence-corrected chi connectivity index (χ2v) is 4.58. The number of ether oxygens (including phenoxy) is 1. The zero-order valence-corrected chi connectivity index (χ0v) is 11.8. The molecule has 1 heterocycles. The minimum Gasteiger partial charge on any atom is -0.461 e. The van der Waals surface area contributed by atoms with E-state index in [1.165, 1.54) is 10.9 Å². The third kappa shape index (κ3) is 2.72. The molecule has 0 aliphatic carbocycles. The van der Waals surface area contributed by atoms with Crippen LogP contribution >= 0.6 is 11.6 Å². The standard InChI is InChI=1S/C14H13ClN2O3/c1-3-20-14(19)13-10(8-18)7-17(16-13)12-5-4-11(15)6-9(12)2/h4-8H,3H2,1-2H3. The van der Waals surface area contributed by atoms with Crippen molar-refractivity contribution in [3.63, 3.8) is 0 Å². The Bertz CT molecular complexity index is 664. The summed E-state index contributed by atoms with van der Waals surface area (Å²) in [7, 11) is 0. The quantitative estimate of drug-likeness (QED) is 0.642. The molecular weight excluding hydrogens is 280 g/mol. The summed E-state index contributed by atoms with van der Waals surface area (Å²) in [6.45, 7) is 3.79. The summed E-state index contributed by atoms with van der Waals surface area (Å²) in [5, 5.41) is 4.74. The molecule has 0 saturated carbocycles. The molecule has 2 aromatic rings. The SMILES string of the molecule is CCOC(=O)c1nn(-c2ccc(Cl)cc2C)cc1C=O. The number of carbonyl (C=O) groups is 2. The van der Waals surface area contributed by atoms with Gasteiger partial charge in [-0.1, -0.05) is 11.6 Å². The van der Waals surface area contributed by atoms with E-state index in [0.29, 0.717) is 11.3 Å². The molecular formula is C14H13ClN2O3. The lowest BCUT2D eigenvalue weighted by atomic mass is 10.2. The Hall–Kier alpha value is -2.14. The average molecular weight is 293 g/mol. The molecule has 0 radical (unpaired) electrons. The molecule has 0 unspecified atom stereocenters. The van der Waals surface area contributed by atoms with Crippen molar-refractivity contribution in [3.8, 4) is 5.69 Å². The van der Waals surface area contributed by atoms with Crippen LogP contribution in [0, 0.1) is 6.92 Å². The van der Waals surface area contributed by atoms with Crippen LogP contribution in [0.4, 0.5) is 0 Å². The highest BCUT2D eigenvalue weighted by Gasteiger charge is 2.18. The van der Waals surface area contributed by atoms with Gasteiger partial charge in [-0.15, -0.1) is 0 Å². The molecule has 0 aliphatic rings. The van der Waals surface area contributed by atoms with E-state index < -0.39 is 5.97 Å². The van der Waals surface area contributed by atoms with E-state index in [0.717, 1.165) is 11.3 Å². The normalized spacial score (nSPS) is 10.3. The maximum atomic E-state index is 11.7. The van der Waals surface area contributed by atoms with E-state index in [-0.39, 0.29) is 17.9 Å². The zero-order chi connectivity index (χ0) is 14.7. The fourth-order valence-corrected chi connectivity index (χ4v) is 2.06. The van der Waals surface area contributed by atoms with Crippen molar-refractivity contribution in [2.75, 3.05) is 6.61 Å². The minimum atomic E-state index is -0.611. The maximum Gasteiger partial charge on any atom is 0.359 e. The summed E-state index contributed by atoms with van der Waals surface area (Å²) in [6.07, 6.45) is 2.08. The number of halogens is 1. The Morgan fingerprint density at radius 2 is 2.25 bits per heavy atom. The molecule has 0 atom stereocenters. The lowest BCUT2D eigenvalue weighted by Crippen LogP contribution is -2.08. The van der Waals surface area contributed by atoms with Gasteiger partial charge in [0, 0.05) is 11.2 Å². The van der Waals surface area contributed by atoms with E-state index in [1.807, 2.05) is 6.92 Å². The molecule has 0 aliphatic heterocycles. The number of hydrogen-bond acceptors (Lipinski definition) is 4. The van der Waals surface area contributed by atoms with Gasteiger partial charge in [0.05, 0.1) is 17.9 Å². The van der Waals surface area contributed by atoms with Gasteiger partial charge in [-0.2, -0.15) is 5.10 Å². The summed E-state index contributed by atoms with van der Waals surface area (Å²) >= 11 is 5.90. The van der Waals surface area contributed by atoms with Crippen molar-refractivity contribution in [2.24, 2.45) is 0 Å². The molecule has 1 aromatic carbocycles. The fourth-order valence-electron chi connectivity index (χ4n) is 1.83. The molecule has 0 bridgehead atoms. The molecule has 6 heteroatoms. The Morgan fingerprint density at radius 3 is 2.85 bits per heavy atom. The van der Waals surface area contributed by atoms with Gasteiger partial charge in [-0.05, 0) is 37.6 Å². The van der Waals surface area contributed by atoms with Gasteiger partial charge in [0.2, 0.25) is 0 Å². The number of hydrogen-bond donors (Lipinski definition) is 0. The highest BCUT2D eigenvalue weighted by atomic mass is 35.5. The first-order chi connectivity index (χ1) is 9.56. The van der Waals surface area contributed by atoms with E-state index in [4.69, 9.17) is 16.3 Å².